The summed E-state index contributed by atoms with van der Waals surface area (Å²) in [6.07, 6.45) is 1.10. The van der Waals surface area contributed by atoms with E-state index in [4.69, 9.17) is 5.73 Å². The number of halogens is 3. The molecule has 0 spiro atoms. The maximum Gasteiger partial charge on any atom is 0.175 e. The van der Waals surface area contributed by atoms with Crippen molar-refractivity contribution in [3.63, 3.8) is 0 Å². The number of nitrogen functional groups attached to an aromatic ring is 1. The summed E-state index contributed by atoms with van der Waals surface area (Å²) < 4.78 is 50.9. The Bertz CT molecular complexity index is 835. The maximum absolute atomic E-state index is 13.4. The van der Waals surface area contributed by atoms with Crippen molar-refractivity contribution in [2.24, 2.45) is 0 Å². The molecule has 0 aliphatic heterocycles. The SMILES string of the molecule is Nc1cc(CS(=O)(=O)/C=C/c2ccc(F)cc2F)ccc1Br. The number of rotatable bonds is 4. The van der Waals surface area contributed by atoms with Gasteiger partial charge in [0.15, 0.2) is 9.84 Å². The van der Waals surface area contributed by atoms with Gasteiger partial charge in [-0.05, 0) is 51.8 Å². The second-order valence-electron chi connectivity index (χ2n) is 4.63. The van der Waals surface area contributed by atoms with Gasteiger partial charge in [0, 0.05) is 27.2 Å². The molecule has 2 rings (SSSR count). The van der Waals surface area contributed by atoms with Gasteiger partial charge >= 0.3 is 0 Å². The number of nitrogens with two attached hydrogens (primary N) is 1. The summed E-state index contributed by atoms with van der Waals surface area (Å²) in [7, 11) is -3.60. The van der Waals surface area contributed by atoms with Crippen molar-refractivity contribution < 1.29 is 17.2 Å². The Hall–Kier alpha value is -1.73. The fourth-order valence-electron chi connectivity index (χ4n) is 1.78. The third kappa shape index (κ3) is 4.38. The summed E-state index contributed by atoms with van der Waals surface area (Å²) >= 11 is 3.22. The lowest BCUT2D eigenvalue weighted by molar-refractivity contribution is 0.581. The minimum atomic E-state index is -3.60. The van der Waals surface area contributed by atoms with Gasteiger partial charge in [0.2, 0.25) is 0 Å². The average molecular weight is 388 g/mol. The molecule has 116 valence electrons. The molecule has 0 heterocycles. The van der Waals surface area contributed by atoms with E-state index in [0.29, 0.717) is 21.8 Å². The van der Waals surface area contributed by atoms with Crippen molar-refractivity contribution in [3.05, 3.63) is 69.0 Å². The van der Waals surface area contributed by atoms with Crippen LogP contribution in [0.3, 0.4) is 0 Å². The van der Waals surface area contributed by atoms with Gasteiger partial charge in [-0.25, -0.2) is 17.2 Å². The predicted molar refractivity (Wildman–Crippen MR) is 86.6 cm³/mol. The monoisotopic (exact) mass is 387 g/mol. The Labute approximate surface area is 135 Å². The van der Waals surface area contributed by atoms with Gasteiger partial charge in [0.1, 0.15) is 11.6 Å². The highest BCUT2D eigenvalue weighted by atomic mass is 79.9. The lowest BCUT2D eigenvalue weighted by atomic mass is 10.2. The third-order valence-corrected chi connectivity index (χ3v) is 4.85. The van der Waals surface area contributed by atoms with Crippen LogP contribution in [0.15, 0.2) is 46.3 Å². The molecule has 2 N–H and O–H groups in total. The first-order chi connectivity index (χ1) is 10.3. The zero-order valence-electron chi connectivity index (χ0n) is 11.3. The quantitative estimate of drug-likeness (QED) is 0.809. The van der Waals surface area contributed by atoms with E-state index in [-0.39, 0.29) is 11.3 Å². The van der Waals surface area contributed by atoms with Crippen molar-refractivity contribution in [2.45, 2.75) is 5.75 Å². The lowest BCUT2D eigenvalue weighted by Crippen LogP contribution is -2.01. The van der Waals surface area contributed by atoms with E-state index >= 15 is 0 Å². The first kappa shape index (κ1) is 16.6. The van der Waals surface area contributed by atoms with Crippen LogP contribution in [-0.2, 0) is 15.6 Å². The highest BCUT2D eigenvalue weighted by Crippen LogP contribution is 2.22. The van der Waals surface area contributed by atoms with Gasteiger partial charge in [0.25, 0.3) is 0 Å². The molecule has 0 bridgehead atoms. The molecule has 3 nitrogen and oxygen atoms in total. The van der Waals surface area contributed by atoms with E-state index in [0.717, 1.165) is 17.6 Å². The van der Waals surface area contributed by atoms with Gasteiger partial charge in [-0.15, -0.1) is 0 Å². The molecule has 0 amide bonds. The molecule has 0 unspecified atom stereocenters. The fraction of sp³-hybridized carbons (Fsp3) is 0.0667. The zero-order valence-corrected chi connectivity index (χ0v) is 13.7. The van der Waals surface area contributed by atoms with E-state index in [2.05, 4.69) is 15.9 Å². The Morgan fingerprint density at radius 1 is 1.14 bits per heavy atom. The Morgan fingerprint density at radius 3 is 2.50 bits per heavy atom. The average Bonchev–Trinajstić information content (AvgIpc) is 2.41. The molecule has 0 atom stereocenters. The molecular weight excluding hydrogens is 376 g/mol. The van der Waals surface area contributed by atoms with E-state index in [1.807, 2.05) is 0 Å². The summed E-state index contributed by atoms with van der Waals surface area (Å²) in [6.45, 7) is 0. The van der Waals surface area contributed by atoms with E-state index < -0.39 is 21.5 Å². The van der Waals surface area contributed by atoms with Crippen LogP contribution >= 0.6 is 15.9 Å². The number of sulfone groups is 1. The third-order valence-electron chi connectivity index (χ3n) is 2.85. The van der Waals surface area contributed by atoms with Crippen LogP contribution in [0, 0.1) is 11.6 Å². The molecule has 2 aromatic carbocycles. The largest absolute Gasteiger partial charge is 0.398 e. The smallest absolute Gasteiger partial charge is 0.175 e. The first-order valence-electron chi connectivity index (χ1n) is 6.16. The van der Waals surface area contributed by atoms with Crippen molar-refractivity contribution in [1.29, 1.82) is 0 Å². The fourth-order valence-corrected chi connectivity index (χ4v) is 3.12. The Kier molecular flexibility index (Phi) is 4.97. The van der Waals surface area contributed by atoms with Crippen LogP contribution in [0.25, 0.3) is 6.08 Å². The second kappa shape index (κ2) is 6.58. The molecule has 0 saturated heterocycles. The predicted octanol–water partition coefficient (Wildman–Crippen LogP) is 3.90. The number of hydrogen-bond donors (Lipinski definition) is 1. The minimum absolute atomic E-state index is 0.000273. The maximum atomic E-state index is 13.4. The minimum Gasteiger partial charge on any atom is -0.398 e. The topological polar surface area (TPSA) is 60.2 Å². The summed E-state index contributed by atoms with van der Waals surface area (Å²) in [5.41, 5.74) is 6.64. The van der Waals surface area contributed by atoms with Crippen molar-refractivity contribution in [1.82, 2.24) is 0 Å². The summed E-state index contributed by atoms with van der Waals surface area (Å²) in [6, 6.07) is 7.77. The van der Waals surface area contributed by atoms with Crippen LogP contribution in [0.2, 0.25) is 0 Å². The summed E-state index contributed by atoms with van der Waals surface area (Å²) in [5, 5.41) is 0.904. The first-order valence-corrected chi connectivity index (χ1v) is 8.67. The number of benzene rings is 2. The highest BCUT2D eigenvalue weighted by molar-refractivity contribution is 9.10. The number of anilines is 1. The molecule has 22 heavy (non-hydrogen) atoms. The van der Waals surface area contributed by atoms with Gasteiger partial charge in [0.05, 0.1) is 5.75 Å². The Morgan fingerprint density at radius 2 is 1.86 bits per heavy atom. The van der Waals surface area contributed by atoms with Gasteiger partial charge in [-0.2, -0.15) is 0 Å². The molecule has 0 aromatic heterocycles. The molecule has 7 heteroatoms. The highest BCUT2D eigenvalue weighted by Gasteiger charge is 2.10. The molecule has 0 saturated carbocycles. The molecule has 0 radical (unpaired) electrons. The van der Waals surface area contributed by atoms with Gasteiger partial charge in [-0.1, -0.05) is 6.07 Å². The molecular formula is C15H12BrF2NO2S. The Balaban J connectivity index is 2.20. The van der Waals surface area contributed by atoms with Crippen LogP contribution in [0.1, 0.15) is 11.1 Å². The normalized spacial score (nSPS) is 12.0. The van der Waals surface area contributed by atoms with Crippen molar-refractivity contribution in [3.8, 4) is 0 Å². The van der Waals surface area contributed by atoms with E-state index in [1.54, 1.807) is 18.2 Å². The van der Waals surface area contributed by atoms with Gasteiger partial charge in [-0.3, -0.25) is 0 Å². The van der Waals surface area contributed by atoms with E-state index in [1.165, 1.54) is 6.07 Å². The van der Waals surface area contributed by atoms with Gasteiger partial charge < -0.3 is 5.73 Å². The van der Waals surface area contributed by atoms with Crippen LogP contribution in [-0.4, -0.2) is 8.42 Å². The van der Waals surface area contributed by atoms with Crippen LogP contribution in [0.5, 0.6) is 0 Å². The van der Waals surface area contributed by atoms with Crippen LogP contribution in [0.4, 0.5) is 14.5 Å². The summed E-state index contributed by atoms with van der Waals surface area (Å²) in [5.74, 6) is -1.80. The van der Waals surface area contributed by atoms with Crippen LogP contribution < -0.4 is 5.73 Å². The summed E-state index contributed by atoms with van der Waals surface area (Å²) in [4.78, 5) is 0. The molecule has 0 aliphatic carbocycles. The molecule has 2 aromatic rings. The second-order valence-corrected chi connectivity index (χ2v) is 7.37. The number of hydrogen-bond acceptors (Lipinski definition) is 3. The zero-order chi connectivity index (χ0) is 16.3. The molecule has 0 fully saturated rings. The van der Waals surface area contributed by atoms with Crippen molar-refractivity contribution in [2.75, 3.05) is 5.73 Å². The lowest BCUT2D eigenvalue weighted by Gasteiger charge is -2.03. The standard InChI is InChI=1S/C15H12BrF2NO2S/c16-13-4-1-10(7-15(13)19)9-22(20,21)6-5-11-2-3-12(17)8-14(11)18/h1-8H,9,19H2/b6-5+. The van der Waals surface area contributed by atoms with E-state index in [9.17, 15) is 17.2 Å². The molecule has 0 aliphatic rings. The van der Waals surface area contributed by atoms with Crippen molar-refractivity contribution >= 4 is 37.5 Å².